The molecule has 58 valence electrons. The Morgan fingerprint density at radius 2 is 2.10 bits per heavy atom. The van der Waals surface area contributed by atoms with E-state index in [0.29, 0.717) is 0 Å². The van der Waals surface area contributed by atoms with Crippen LogP contribution in [0.4, 0.5) is 4.39 Å². The average molecular weight is 187 g/mol. The van der Waals surface area contributed by atoms with Gasteiger partial charge in [-0.2, -0.15) is 4.39 Å². The summed E-state index contributed by atoms with van der Waals surface area (Å²) in [5, 5.41) is 0. The van der Waals surface area contributed by atoms with Crippen molar-refractivity contribution in [2.75, 3.05) is 6.61 Å². The molecule has 0 heterocycles. The second-order valence-electron chi connectivity index (χ2n) is 1.29. The van der Waals surface area contributed by atoms with E-state index < -0.39 is 16.3 Å². The lowest BCUT2D eigenvalue weighted by Gasteiger charge is -1.96. The van der Waals surface area contributed by atoms with Gasteiger partial charge in [-0.15, -0.1) is 0 Å². The van der Waals surface area contributed by atoms with Gasteiger partial charge in [-0.05, 0) is 6.92 Å². The van der Waals surface area contributed by atoms with Crippen LogP contribution in [-0.2, 0) is 9.53 Å². The van der Waals surface area contributed by atoms with E-state index in [4.69, 9.17) is 23.2 Å². The molecule has 2 nitrogen and oxygen atoms in total. The molecule has 0 bridgehead atoms. The van der Waals surface area contributed by atoms with E-state index in [1.165, 1.54) is 0 Å². The Labute approximate surface area is 67.6 Å². The Morgan fingerprint density at radius 3 is 2.40 bits per heavy atom. The predicted octanol–water partition coefficient (Wildman–Crippen LogP) is 2.17. The summed E-state index contributed by atoms with van der Waals surface area (Å²) < 4.78 is 15.8. The summed E-state index contributed by atoms with van der Waals surface area (Å²) in [5.74, 6) is -2.40. The Bertz CT molecular complexity index is 163. The first-order valence-corrected chi connectivity index (χ1v) is 3.23. The Hall–Kier alpha value is -0.280. The second-order valence-corrected chi connectivity index (χ2v) is 2.24. The number of halogens is 3. The van der Waals surface area contributed by atoms with Gasteiger partial charge in [-0.25, -0.2) is 4.79 Å². The van der Waals surface area contributed by atoms with E-state index in [9.17, 15) is 9.18 Å². The normalized spacial score (nSPS) is 8.80. The highest BCUT2D eigenvalue weighted by Gasteiger charge is 2.12. The summed E-state index contributed by atoms with van der Waals surface area (Å²) in [7, 11) is 0. The summed E-state index contributed by atoms with van der Waals surface area (Å²) in [4.78, 5) is 10.4. The largest absolute Gasteiger partial charge is 0.461 e. The standard InChI is InChI=1S/C5H5Cl2FO2/c1-2-10-5(9)3(8)4(6)7/h2H2,1H3. The Morgan fingerprint density at radius 1 is 1.60 bits per heavy atom. The van der Waals surface area contributed by atoms with E-state index >= 15 is 0 Å². The van der Waals surface area contributed by atoms with Crippen LogP contribution >= 0.6 is 23.2 Å². The summed E-state index contributed by atoms with van der Waals surface area (Å²) in [5.41, 5.74) is 0. The summed E-state index contributed by atoms with van der Waals surface area (Å²) >= 11 is 9.86. The van der Waals surface area contributed by atoms with Crippen molar-refractivity contribution >= 4 is 29.2 Å². The molecule has 0 saturated carbocycles. The van der Waals surface area contributed by atoms with Crippen LogP contribution in [0.1, 0.15) is 6.92 Å². The average Bonchev–Trinajstić information content (AvgIpc) is 1.87. The maximum atomic E-state index is 12.2. The van der Waals surface area contributed by atoms with Gasteiger partial charge in [0, 0.05) is 0 Å². The van der Waals surface area contributed by atoms with Gasteiger partial charge in [-0.3, -0.25) is 0 Å². The maximum Gasteiger partial charge on any atom is 0.369 e. The lowest BCUT2D eigenvalue weighted by Crippen LogP contribution is -2.04. The second kappa shape index (κ2) is 4.52. The smallest absolute Gasteiger partial charge is 0.369 e. The first-order valence-electron chi connectivity index (χ1n) is 2.47. The Balaban J connectivity index is 4.09. The molecule has 0 unspecified atom stereocenters. The molecule has 0 radical (unpaired) electrons. The summed E-state index contributed by atoms with van der Waals surface area (Å²) in [6, 6.07) is 0. The minimum Gasteiger partial charge on any atom is -0.461 e. The molecule has 0 aromatic carbocycles. The molecule has 0 spiro atoms. The zero-order valence-corrected chi connectivity index (χ0v) is 6.67. The van der Waals surface area contributed by atoms with Crippen molar-refractivity contribution in [3.8, 4) is 0 Å². The van der Waals surface area contributed by atoms with Crippen LogP contribution in [0.25, 0.3) is 0 Å². The predicted molar refractivity (Wildman–Crippen MR) is 36.5 cm³/mol. The molecular formula is C5H5Cl2FO2. The molecule has 0 aliphatic carbocycles. The van der Waals surface area contributed by atoms with Crippen LogP contribution in [0.5, 0.6) is 0 Å². The van der Waals surface area contributed by atoms with E-state index in [-0.39, 0.29) is 6.61 Å². The maximum absolute atomic E-state index is 12.2. The monoisotopic (exact) mass is 186 g/mol. The van der Waals surface area contributed by atoms with Crippen LogP contribution in [0.15, 0.2) is 10.3 Å². The number of hydrogen-bond acceptors (Lipinski definition) is 2. The van der Waals surface area contributed by atoms with Gasteiger partial charge in [0.2, 0.25) is 5.83 Å². The van der Waals surface area contributed by atoms with Crippen LogP contribution in [-0.4, -0.2) is 12.6 Å². The molecule has 10 heavy (non-hydrogen) atoms. The van der Waals surface area contributed by atoms with Gasteiger partial charge in [-0.1, -0.05) is 23.2 Å². The zero-order valence-electron chi connectivity index (χ0n) is 5.16. The molecular weight excluding hydrogens is 182 g/mol. The third kappa shape index (κ3) is 3.03. The van der Waals surface area contributed by atoms with Gasteiger partial charge in [0.15, 0.2) is 0 Å². The van der Waals surface area contributed by atoms with Crippen LogP contribution < -0.4 is 0 Å². The van der Waals surface area contributed by atoms with Crippen molar-refractivity contribution in [1.29, 1.82) is 0 Å². The number of esters is 1. The molecule has 0 aromatic heterocycles. The zero-order chi connectivity index (χ0) is 8.15. The highest BCUT2D eigenvalue weighted by molar-refractivity contribution is 6.57. The summed E-state index contributed by atoms with van der Waals surface area (Å²) in [6.45, 7) is 1.64. The molecule has 0 aromatic rings. The van der Waals surface area contributed by atoms with Gasteiger partial charge in [0.25, 0.3) is 0 Å². The van der Waals surface area contributed by atoms with Gasteiger partial charge >= 0.3 is 5.97 Å². The molecule has 0 rings (SSSR count). The van der Waals surface area contributed by atoms with Crippen molar-refractivity contribution in [2.45, 2.75) is 6.92 Å². The van der Waals surface area contributed by atoms with Crippen LogP contribution in [0, 0.1) is 0 Å². The van der Waals surface area contributed by atoms with Gasteiger partial charge in [0.05, 0.1) is 6.61 Å². The van der Waals surface area contributed by atoms with Crippen LogP contribution in [0.3, 0.4) is 0 Å². The number of rotatable bonds is 2. The molecule has 0 saturated heterocycles. The fourth-order valence-corrected chi connectivity index (χ4v) is 0.426. The lowest BCUT2D eigenvalue weighted by molar-refractivity contribution is -0.140. The molecule has 0 fully saturated rings. The number of ether oxygens (including phenoxy) is 1. The van der Waals surface area contributed by atoms with Crippen molar-refractivity contribution in [2.24, 2.45) is 0 Å². The van der Waals surface area contributed by atoms with Crippen LogP contribution in [0.2, 0.25) is 0 Å². The molecule has 0 aliphatic rings. The highest BCUT2D eigenvalue weighted by atomic mass is 35.5. The number of carbonyl (C=O) groups excluding carboxylic acids is 1. The molecule has 0 atom stereocenters. The van der Waals surface area contributed by atoms with Crippen molar-refractivity contribution in [1.82, 2.24) is 0 Å². The minimum atomic E-state index is -1.26. The van der Waals surface area contributed by atoms with E-state index in [2.05, 4.69) is 4.74 Å². The van der Waals surface area contributed by atoms with Gasteiger partial charge in [0.1, 0.15) is 4.49 Å². The number of hydrogen-bond donors (Lipinski definition) is 0. The fraction of sp³-hybridized carbons (Fsp3) is 0.400. The molecule has 0 aliphatic heterocycles. The number of carbonyl (C=O) groups is 1. The first-order chi connectivity index (χ1) is 4.59. The molecule has 5 heteroatoms. The first kappa shape index (κ1) is 9.72. The van der Waals surface area contributed by atoms with E-state index in [0.717, 1.165) is 0 Å². The summed E-state index contributed by atoms with van der Waals surface area (Å²) in [6.07, 6.45) is 0. The van der Waals surface area contributed by atoms with Gasteiger partial charge < -0.3 is 4.74 Å². The van der Waals surface area contributed by atoms with E-state index in [1.54, 1.807) is 6.92 Å². The highest BCUT2D eigenvalue weighted by Crippen LogP contribution is 2.15. The van der Waals surface area contributed by atoms with Crippen molar-refractivity contribution < 1.29 is 13.9 Å². The van der Waals surface area contributed by atoms with Crippen molar-refractivity contribution in [3.63, 3.8) is 0 Å². The third-order valence-corrected chi connectivity index (χ3v) is 0.952. The van der Waals surface area contributed by atoms with E-state index in [1.807, 2.05) is 0 Å². The topological polar surface area (TPSA) is 26.3 Å². The van der Waals surface area contributed by atoms with Crippen molar-refractivity contribution in [3.05, 3.63) is 10.3 Å². The molecule has 0 amide bonds. The fourth-order valence-electron chi connectivity index (χ4n) is 0.272. The quantitative estimate of drug-likeness (QED) is 0.489. The minimum absolute atomic E-state index is 0.0906. The Kier molecular flexibility index (Phi) is 4.40. The molecule has 0 N–H and O–H groups in total. The lowest BCUT2D eigenvalue weighted by atomic mass is 10.6. The SMILES string of the molecule is CCOC(=O)C(F)=C(Cl)Cl. The third-order valence-electron chi connectivity index (χ3n) is 0.621.